The molecule has 1 rings (SSSR count). The van der Waals surface area contributed by atoms with Crippen LogP contribution in [0.15, 0.2) is 6.20 Å². The minimum atomic E-state index is 0.473. The predicted octanol–water partition coefficient (Wildman–Crippen LogP) is 1.92. The Balaban J connectivity index is 2.44. The summed E-state index contributed by atoms with van der Waals surface area (Å²) in [7, 11) is 0. The molecule has 0 amide bonds. The van der Waals surface area contributed by atoms with Crippen molar-refractivity contribution in [2.24, 2.45) is 0 Å². The zero-order valence-electron chi connectivity index (χ0n) is 8.53. The molecule has 0 aliphatic rings. The van der Waals surface area contributed by atoms with E-state index >= 15 is 0 Å². The van der Waals surface area contributed by atoms with E-state index < -0.39 is 0 Å². The number of rotatable bonds is 5. The zero-order chi connectivity index (χ0) is 10.4. The molecule has 0 bridgehead atoms. The Morgan fingerprint density at radius 2 is 2.29 bits per heavy atom. The smallest absolute Gasteiger partial charge is 0.139 e. The molecule has 1 aromatic rings. The van der Waals surface area contributed by atoms with Crippen molar-refractivity contribution < 1.29 is 0 Å². The van der Waals surface area contributed by atoms with Crippen LogP contribution >= 0.6 is 0 Å². The lowest BCUT2D eigenvalue weighted by Crippen LogP contribution is -2.05. The van der Waals surface area contributed by atoms with Crippen molar-refractivity contribution in [1.29, 1.82) is 5.26 Å². The molecule has 0 aromatic carbocycles. The highest BCUT2D eigenvalue weighted by molar-refractivity contribution is 5.47. The average molecular weight is 192 g/mol. The van der Waals surface area contributed by atoms with Crippen molar-refractivity contribution in [3.8, 4) is 6.07 Å². The first kappa shape index (κ1) is 10.6. The normalized spacial score (nSPS) is 10.0. The van der Waals surface area contributed by atoms with Gasteiger partial charge in [0, 0.05) is 6.54 Å². The molecular weight excluding hydrogens is 176 g/mol. The molecule has 0 aliphatic heterocycles. The summed E-state index contributed by atoms with van der Waals surface area (Å²) in [4.78, 5) is 0. The second kappa shape index (κ2) is 5.28. The van der Waals surface area contributed by atoms with Crippen LogP contribution in [0.3, 0.4) is 0 Å². The zero-order valence-corrected chi connectivity index (χ0v) is 8.53. The molecular formula is C10H16N4. The summed E-state index contributed by atoms with van der Waals surface area (Å²) in [6, 6.07) is 2.01. The highest BCUT2D eigenvalue weighted by atomic mass is 15.3. The molecule has 0 fully saturated rings. The van der Waals surface area contributed by atoms with Crippen LogP contribution in [0.25, 0.3) is 0 Å². The van der Waals surface area contributed by atoms with Crippen molar-refractivity contribution in [2.75, 3.05) is 5.73 Å². The van der Waals surface area contributed by atoms with Gasteiger partial charge >= 0.3 is 0 Å². The highest BCUT2D eigenvalue weighted by Gasteiger charge is 2.05. The second-order valence-corrected chi connectivity index (χ2v) is 3.34. The number of aromatic nitrogens is 2. The van der Waals surface area contributed by atoms with E-state index in [4.69, 9.17) is 11.0 Å². The lowest BCUT2D eigenvalue weighted by Gasteiger charge is -2.02. The van der Waals surface area contributed by atoms with Gasteiger partial charge in [-0.05, 0) is 6.42 Å². The molecule has 4 heteroatoms. The molecule has 2 N–H and O–H groups in total. The molecule has 0 saturated carbocycles. The monoisotopic (exact) mass is 192 g/mol. The Labute approximate surface area is 84.3 Å². The average Bonchev–Trinajstić information content (AvgIpc) is 2.55. The largest absolute Gasteiger partial charge is 0.383 e. The molecule has 76 valence electrons. The summed E-state index contributed by atoms with van der Waals surface area (Å²) >= 11 is 0. The van der Waals surface area contributed by atoms with E-state index in [9.17, 15) is 0 Å². The summed E-state index contributed by atoms with van der Waals surface area (Å²) < 4.78 is 1.70. The Morgan fingerprint density at radius 3 is 2.86 bits per heavy atom. The third-order valence-electron chi connectivity index (χ3n) is 2.22. The first-order chi connectivity index (χ1) is 6.79. The van der Waals surface area contributed by atoms with E-state index in [1.165, 1.54) is 25.5 Å². The van der Waals surface area contributed by atoms with Gasteiger partial charge in [0.05, 0.1) is 6.20 Å². The van der Waals surface area contributed by atoms with Crippen LogP contribution in [0.2, 0.25) is 0 Å². The molecule has 0 unspecified atom stereocenters. The molecule has 4 nitrogen and oxygen atoms in total. The van der Waals surface area contributed by atoms with Gasteiger partial charge in [0.15, 0.2) is 0 Å². The number of aryl methyl sites for hydroxylation is 1. The maximum absolute atomic E-state index is 8.66. The molecule has 1 heterocycles. The molecule has 1 aromatic heterocycles. The van der Waals surface area contributed by atoms with Gasteiger partial charge < -0.3 is 5.73 Å². The van der Waals surface area contributed by atoms with Gasteiger partial charge in [-0.2, -0.15) is 10.4 Å². The van der Waals surface area contributed by atoms with E-state index in [2.05, 4.69) is 12.0 Å². The van der Waals surface area contributed by atoms with Crippen molar-refractivity contribution in [2.45, 2.75) is 39.2 Å². The fourth-order valence-corrected chi connectivity index (χ4v) is 1.35. The number of unbranched alkanes of at least 4 members (excludes halogenated alkanes) is 3. The Bertz CT molecular complexity index is 321. The van der Waals surface area contributed by atoms with Crippen LogP contribution in [-0.2, 0) is 6.54 Å². The summed E-state index contributed by atoms with van der Waals surface area (Å²) in [6.07, 6.45) is 6.25. The van der Waals surface area contributed by atoms with Crippen molar-refractivity contribution in [3.63, 3.8) is 0 Å². The molecule has 0 saturated heterocycles. The molecule has 0 atom stereocenters. The number of nitrogens with two attached hydrogens (primary N) is 1. The van der Waals surface area contributed by atoms with Gasteiger partial charge in [-0.25, -0.2) is 4.68 Å². The van der Waals surface area contributed by atoms with Gasteiger partial charge in [0.2, 0.25) is 0 Å². The highest BCUT2D eigenvalue weighted by Crippen LogP contribution is 2.10. The van der Waals surface area contributed by atoms with Gasteiger partial charge in [-0.3, -0.25) is 0 Å². The summed E-state index contributed by atoms with van der Waals surface area (Å²) in [5.74, 6) is 0.490. The standard InChI is InChI=1S/C10H16N4/c1-2-3-4-5-6-14-10(12)9(7-11)8-13-14/h8H,2-6,12H2,1H3. The van der Waals surface area contributed by atoms with Crippen LogP contribution in [-0.4, -0.2) is 9.78 Å². The van der Waals surface area contributed by atoms with Crippen molar-refractivity contribution in [3.05, 3.63) is 11.8 Å². The van der Waals surface area contributed by atoms with E-state index in [1.807, 2.05) is 6.07 Å². The minimum Gasteiger partial charge on any atom is -0.383 e. The molecule has 14 heavy (non-hydrogen) atoms. The fourth-order valence-electron chi connectivity index (χ4n) is 1.35. The predicted molar refractivity (Wildman–Crippen MR) is 55.5 cm³/mol. The summed E-state index contributed by atoms with van der Waals surface area (Å²) in [6.45, 7) is 2.99. The topological polar surface area (TPSA) is 67.6 Å². The third kappa shape index (κ3) is 2.49. The Kier molecular flexibility index (Phi) is 3.99. The lowest BCUT2D eigenvalue weighted by atomic mass is 10.2. The Morgan fingerprint density at radius 1 is 1.50 bits per heavy atom. The van der Waals surface area contributed by atoms with Crippen LogP contribution in [0.5, 0.6) is 0 Å². The third-order valence-corrected chi connectivity index (χ3v) is 2.22. The van der Waals surface area contributed by atoms with E-state index in [-0.39, 0.29) is 0 Å². The van der Waals surface area contributed by atoms with E-state index in [0.29, 0.717) is 11.4 Å². The van der Waals surface area contributed by atoms with Gasteiger partial charge in [0.1, 0.15) is 17.5 Å². The first-order valence-corrected chi connectivity index (χ1v) is 5.01. The number of nitrogen functional groups attached to an aromatic ring is 1. The van der Waals surface area contributed by atoms with Gasteiger partial charge in [-0.15, -0.1) is 0 Å². The number of anilines is 1. The summed E-state index contributed by atoms with van der Waals surface area (Å²) in [5, 5.41) is 12.7. The van der Waals surface area contributed by atoms with Crippen molar-refractivity contribution >= 4 is 5.82 Å². The summed E-state index contributed by atoms with van der Waals surface area (Å²) in [5.41, 5.74) is 6.18. The fraction of sp³-hybridized carbons (Fsp3) is 0.600. The number of nitrogens with zero attached hydrogens (tertiary/aromatic N) is 3. The van der Waals surface area contributed by atoms with Crippen LogP contribution in [0.4, 0.5) is 5.82 Å². The van der Waals surface area contributed by atoms with Crippen LogP contribution in [0.1, 0.15) is 38.2 Å². The quantitative estimate of drug-likeness (QED) is 0.724. The van der Waals surface area contributed by atoms with Crippen molar-refractivity contribution in [1.82, 2.24) is 9.78 Å². The maximum Gasteiger partial charge on any atom is 0.139 e. The number of hydrogen-bond donors (Lipinski definition) is 1. The molecule has 0 radical (unpaired) electrons. The minimum absolute atomic E-state index is 0.473. The van der Waals surface area contributed by atoms with Crippen LogP contribution in [0, 0.1) is 11.3 Å². The lowest BCUT2D eigenvalue weighted by molar-refractivity contribution is 0.547. The first-order valence-electron chi connectivity index (χ1n) is 5.01. The maximum atomic E-state index is 8.66. The Hall–Kier alpha value is -1.50. The second-order valence-electron chi connectivity index (χ2n) is 3.34. The van der Waals surface area contributed by atoms with Gasteiger partial charge in [0.25, 0.3) is 0 Å². The van der Waals surface area contributed by atoms with Gasteiger partial charge in [-0.1, -0.05) is 26.2 Å². The molecule has 0 spiro atoms. The van der Waals surface area contributed by atoms with E-state index in [1.54, 1.807) is 4.68 Å². The SMILES string of the molecule is CCCCCCn1ncc(C#N)c1N. The number of nitriles is 1. The van der Waals surface area contributed by atoms with E-state index in [0.717, 1.165) is 13.0 Å². The van der Waals surface area contributed by atoms with Crippen LogP contribution < -0.4 is 5.73 Å². The molecule has 0 aliphatic carbocycles. The number of hydrogen-bond acceptors (Lipinski definition) is 3.